The van der Waals surface area contributed by atoms with E-state index in [0.29, 0.717) is 34.6 Å². The fraction of sp³-hybridized carbons (Fsp3) is 0.568. The van der Waals surface area contributed by atoms with Crippen LogP contribution in [0.2, 0.25) is 0 Å². The average molecular weight is 1140 g/mol. The number of thiophene rings is 2. The van der Waals surface area contributed by atoms with Gasteiger partial charge in [-0.05, 0) is 109 Å². The number of nitrogens with zero attached hydrogens (tertiary/aromatic N) is 2. The summed E-state index contributed by atoms with van der Waals surface area (Å²) >= 11 is 3.52. The van der Waals surface area contributed by atoms with Crippen LogP contribution in [0.25, 0.3) is 106 Å². The van der Waals surface area contributed by atoms with Crippen molar-refractivity contribution in [1.29, 1.82) is 0 Å². The average Bonchev–Trinajstić information content (AvgIpc) is 1.11. The molecule has 2 unspecified atom stereocenters. The smallest absolute Gasteiger partial charge is 0.261 e. The van der Waals surface area contributed by atoms with Crippen molar-refractivity contribution in [3.8, 4) is 0 Å². The number of aromatic nitrogens is 2. The topological polar surface area (TPSA) is 78.1 Å². The lowest BCUT2D eigenvalue weighted by atomic mass is 9.79. The van der Waals surface area contributed by atoms with E-state index in [1.807, 2.05) is 0 Å². The van der Waals surface area contributed by atoms with E-state index in [2.05, 4.69) is 77.9 Å². The van der Waals surface area contributed by atoms with E-state index < -0.39 is 0 Å². The van der Waals surface area contributed by atoms with E-state index >= 15 is 19.2 Å². The van der Waals surface area contributed by atoms with E-state index in [0.717, 1.165) is 136 Å². The molecule has 0 bridgehead atoms. The van der Waals surface area contributed by atoms with Crippen LogP contribution in [0.15, 0.2) is 55.6 Å². The van der Waals surface area contributed by atoms with Crippen molar-refractivity contribution in [2.24, 2.45) is 11.8 Å². The van der Waals surface area contributed by atoms with Crippen molar-refractivity contribution in [2.45, 2.75) is 260 Å². The summed E-state index contributed by atoms with van der Waals surface area (Å²) in [5, 5.41) is 16.5. The fourth-order valence-electron chi connectivity index (χ4n) is 15.4. The van der Waals surface area contributed by atoms with Gasteiger partial charge in [0.15, 0.2) is 0 Å². The second-order valence-electron chi connectivity index (χ2n) is 25.9. The van der Waals surface area contributed by atoms with Crippen LogP contribution < -0.4 is 22.2 Å². The molecular weight excluding hydrogens is 1040 g/mol. The Kier molecular flexibility index (Phi) is 19.1. The Bertz CT molecular complexity index is 3680. The molecule has 0 radical (unpaired) electrons. The molecule has 0 fully saturated rings. The van der Waals surface area contributed by atoms with Crippen molar-refractivity contribution in [3.05, 3.63) is 87.6 Å². The molecule has 0 saturated heterocycles. The molecule has 0 saturated carbocycles. The quantitative estimate of drug-likeness (QED) is 0.0223. The van der Waals surface area contributed by atoms with Gasteiger partial charge < -0.3 is 0 Å². The van der Waals surface area contributed by atoms with Gasteiger partial charge in [-0.2, -0.15) is 0 Å². The molecule has 0 aliphatic rings. The Morgan fingerprint density at radius 3 is 0.841 bits per heavy atom. The Hall–Kier alpha value is -4.92. The van der Waals surface area contributed by atoms with Gasteiger partial charge in [-0.25, -0.2) is 0 Å². The molecule has 0 spiro atoms. The molecule has 6 nitrogen and oxygen atoms in total. The Morgan fingerprint density at radius 1 is 0.293 bits per heavy atom. The zero-order valence-corrected chi connectivity index (χ0v) is 52.6. The zero-order valence-electron chi connectivity index (χ0n) is 51.0. The van der Waals surface area contributed by atoms with E-state index in [-0.39, 0.29) is 34.1 Å². The van der Waals surface area contributed by atoms with Crippen LogP contribution in [0.4, 0.5) is 0 Å². The predicted molar refractivity (Wildman–Crippen MR) is 361 cm³/mol. The number of fused-ring (bicyclic) bond motifs is 6. The van der Waals surface area contributed by atoms with Crippen LogP contribution in [-0.4, -0.2) is 9.13 Å². The number of aryl methyl sites for hydroxylation is 2. The van der Waals surface area contributed by atoms with Crippen molar-refractivity contribution >= 4 is 129 Å². The van der Waals surface area contributed by atoms with Crippen molar-refractivity contribution in [1.82, 2.24) is 9.13 Å². The van der Waals surface area contributed by atoms with Crippen LogP contribution >= 0.6 is 22.7 Å². The standard InChI is InChI=1S/C74H94N2O4S2/c1-7-11-15-19-23-25-29-33-37-49(35-31-27-21-17-13-9-3)45-75-71(77)57-41-51-53-39-47(5)82-70(53)56-44-60-62-58(72(78)76(74(60)80)46-50(36-32-28-22-18-14-10-4)38-34-30-26-24-20-16-12-8-2)42-52-54-40-48(6)81-69(54)55-43-59(73(75)79)61(57)67-63(51)66(56)68(62)64(52)65(55)67/h39-44,49-50H,7-38,45-46H2,1-6H3. The van der Waals surface area contributed by atoms with Gasteiger partial charge in [0.05, 0.1) is 0 Å². The summed E-state index contributed by atoms with van der Waals surface area (Å²) in [6.45, 7) is 14.3. The third-order valence-electron chi connectivity index (χ3n) is 19.7. The summed E-state index contributed by atoms with van der Waals surface area (Å²) in [6.07, 6.45) is 39.0. The maximum absolute atomic E-state index is 15.6. The van der Waals surface area contributed by atoms with Gasteiger partial charge in [0.25, 0.3) is 22.2 Å². The first-order valence-corrected chi connectivity index (χ1v) is 35.0. The van der Waals surface area contributed by atoms with Crippen molar-refractivity contribution in [2.75, 3.05) is 0 Å². The molecule has 436 valence electrons. The van der Waals surface area contributed by atoms with Gasteiger partial charge >= 0.3 is 0 Å². The zero-order chi connectivity index (χ0) is 57.0. The first-order valence-electron chi connectivity index (χ1n) is 33.4. The molecule has 8 heteroatoms. The van der Waals surface area contributed by atoms with E-state index in [9.17, 15) is 0 Å². The van der Waals surface area contributed by atoms with Crippen LogP contribution in [0.1, 0.15) is 243 Å². The minimum absolute atomic E-state index is 0.169. The van der Waals surface area contributed by atoms with E-state index in [1.165, 1.54) is 164 Å². The van der Waals surface area contributed by atoms with Gasteiger partial charge in [-0.15, -0.1) is 22.7 Å². The third-order valence-corrected chi connectivity index (χ3v) is 21.9. The fourth-order valence-corrected chi connectivity index (χ4v) is 17.5. The number of pyridine rings is 2. The number of rotatable bonds is 36. The lowest BCUT2D eigenvalue weighted by Crippen LogP contribution is -2.36. The Balaban J connectivity index is 1.08. The SMILES string of the molecule is CCCCCCCCCCC(CCCCCCCC)Cn1c(=O)c2cc3c4cc(C)sc4c4cc5c(=O)n(CC(CCCCCCCC)CCCCCCCCCC)c(=O)c6cc7c8cc(C)sc8c8cc(c1=O)c2c1c3c4c(c65)c7c81. The van der Waals surface area contributed by atoms with Crippen LogP contribution in [0.3, 0.4) is 0 Å². The highest BCUT2D eigenvalue weighted by Crippen LogP contribution is 2.56. The number of benzene rings is 7. The largest absolute Gasteiger partial charge is 0.274 e. The first kappa shape index (κ1) is 58.8. The summed E-state index contributed by atoms with van der Waals surface area (Å²) in [4.78, 5) is 64.8. The lowest BCUT2D eigenvalue weighted by molar-refractivity contribution is 0.350. The molecule has 0 N–H and O–H groups in total. The van der Waals surface area contributed by atoms with Crippen molar-refractivity contribution < 1.29 is 0 Å². The van der Waals surface area contributed by atoms with E-state index in [4.69, 9.17) is 0 Å². The molecule has 7 aromatic carbocycles. The minimum atomic E-state index is -0.170. The highest BCUT2D eigenvalue weighted by Gasteiger charge is 2.32. The second-order valence-corrected chi connectivity index (χ2v) is 28.4. The minimum Gasteiger partial charge on any atom is -0.274 e. The van der Waals surface area contributed by atoms with Crippen LogP contribution in [-0.2, 0) is 13.1 Å². The molecule has 11 aromatic rings. The number of hydrogen-bond donors (Lipinski definition) is 0. The van der Waals surface area contributed by atoms with E-state index in [1.54, 1.807) is 31.8 Å². The molecule has 4 aromatic heterocycles. The number of unbranched alkanes of at least 4 members (excludes halogenated alkanes) is 24. The molecule has 0 amide bonds. The second kappa shape index (κ2) is 26.6. The van der Waals surface area contributed by atoms with Crippen molar-refractivity contribution in [3.63, 3.8) is 0 Å². The van der Waals surface area contributed by atoms with Gasteiger partial charge in [0, 0.05) is 108 Å². The predicted octanol–water partition coefficient (Wildman–Crippen LogP) is 22.0. The molecule has 2 atom stereocenters. The summed E-state index contributed by atoms with van der Waals surface area (Å²) in [6, 6.07) is 13.1. The Labute approximate surface area is 494 Å². The van der Waals surface area contributed by atoms with Crippen LogP contribution in [0.5, 0.6) is 0 Å². The lowest BCUT2D eigenvalue weighted by Gasteiger charge is -2.25. The molecular formula is C74H94N2O4S2. The summed E-state index contributed by atoms with van der Waals surface area (Å²) in [5.74, 6) is 0.504. The normalized spacial score (nSPS) is 13.5. The van der Waals surface area contributed by atoms with Gasteiger partial charge in [-0.1, -0.05) is 207 Å². The molecule has 0 aliphatic carbocycles. The highest BCUT2D eigenvalue weighted by molar-refractivity contribution is 7.20. The molecule has 82 heavy (non-hydrogen) atoms. The molecule has 0 aliphatic heterocycles. The van der Waals surface area contributed by atoms with Gasteiger partial charge in [0.2, 0.25) is 0 Å². The number of hydrogen-bond acceptors (Lipinski definition) is 6. The summed E-state index contributed by atoms with van der Waals surface area (Å²) < 4.78 is 5.54. The maximum Gasteiger partial charge on any atom is 0.261 e. The molecule has 11 rings (SSSR count). The highest BCUT2D eigenvalue weighted by atomic mass is 32.1. The third kappa shape index (κ3) is 11.3. The van der Waals surface area contributed by atoms with Crippen LogP contribution in [0, 0.1) is 25.7 Å². The van der Waals surface area contributed by atoms with Gasteiger partial charge in [0.1, 0.15) is 0 Å². The maximum atomic E-state index is 15.6. The summed E-state index contributed by atoms with van der Waals surface area (Å²) in [7, 11) is 0. The summed E-state index contributed by atoms with van der Waals surface area (Å²) in [5.41, 5.74) is -0.678. The monoisotopic (exact) mass is 1140 g/mol. The first-order chi connectivity index (χ1) is 40.1. The van der Waals surface area contributed by atoms with Gasteiger partial charge in [-0.3, -0.25) is 28.3 Å². The Morgan fingerprint density at radius 2 is 0.549 bits per heavy atom. The molecule has 4 heterocycles.